The van der Waals surface area contributed by atoms with Crippen molar-refractivity contribution in [1.82, 2.24) is 10.2 Å². The zero-order chi connectivity index (χ0) is 13.6. The highest BCUT2D eigenvalue weighted by atomic mass is 19.4. The van der Waals surface area contributed by atoms with Crippen molar-refractivity contribution in [2.45, 2.75) is 12.7 Å². The second-order valence-corrected chi connectivity index (χ2v) is 3.98. The number of amides is 1. The van der Waals surface area contributed by atoms with Gasteiger partial charge in [0.25, 0.3) is 0 Å². The first kappa shape index (κ1) is 14.5. The van der Waals surface area contributed by atoms with Crippen LogP contribution < -0.4 is 5.32 Å². The summed E-state index contributed by atoms with van der Waals surface area (Å²) in [6.45, 7) is 0.959. The number of alkyl halides is 3. The van der Waals surface area contributed by atoms with Crippen LogP contribution in [0.2, 0.25) is 0 Å². The van der Waals surface area contributed by atoms with E-state index in [0.29, 0.717) is 13.1 Å². The molecule has 0 aliphatic carbocycles. The lowest BCUT2D eigenvalue weighted by atomic mass is 10.2. The first-order chi connectivity index (χ1) is 8.39. The molecule has 0 aromatic heterocycles. The van der Waals surface area contributed by atoms with Crippen molar-refractivity contribution in [2.24, 2.45) is 0 Å². The summed E-state index contributed by atoms with van der Waals surface area (Å²) >= 11 is 0. The minimum absolute atomic E-state index is 0.0261. The Kier molecular flexibility index (Phi) is 5.15. The van der Waals surface area contributed by atoms with Gasteiger partial charge in [-0.2, -0.15) is 13.2 Å². The molecule has 0 heterocycles. The fourth-order valence-corrected chi connectivity index (χ4v) is 1.43. The molecule has 0 aliphatic heterocycles. The van der Waals surface area contributed by atoms with E-state index in [9.17, 15) is 18.0 Å². The van der Waals surface area contributed by atoms with Crippen molar-refractivity contribution in [1.29, 1.82) is 0 Å². The maximum absolute atomic E-state index is 11.9. The van der Waals surface area contributed by atoms with Crippen LogP contribution in [0.15, 0.2) is 30.3 Å². The average molecular weight is 260 g/mol. The minimum Gasteiger partial charge on any atom is -0.347 e. The normalized spacial score (nSPS) is 11.6. The van der Waals surface area contributed by atoms with Crippen LogP contribution in [0.4, 0.5) is 13.2 Å². The lowest BCUT2D eigenvalue weighted by Gasteiger charge is -2.17. The largest absolute Gasteiger partial charge is 0.471 e. The van der Waals surface area contributed by atoms with Crippen LogP contribution in [0.3, 0.4) is 0 Å². The Bertz CT molecular complexity index is 379. The second kappa shape index (κ2) is 6.39. The third kappa shape index (κ3) is 5.18. The van der Waals surface area contributed by atoms with Gasteiger partial charge in [-0.05, 0) is 12.6 Å². The number of carbonyl (C=O) groups is 1. The molecule has 1 aromatic rings. The number of likely N-dealkylation sites (N-methyl/N-ethyl adjacent to an activating group) is 1. The molecule has 0 saturated carbocycles. The van der Waals surface area contributed by atoms with Gasteiger partial charge >= 0.3 is 12.1 Å². The summed E-state index contributed by atoms with van der Waals surface area (Å²) in [4.78, 5) is 12.4. The van der Waals surface area contributed by atoms with Crippen LogP contribution in [0.5, 0.6) is 0 Å². The summed E-state index contributed by atoms with van der Waals surface area (Å²) in [7, 11) is 1.78. The maximum Gasteiger partial charge on any atom is 0.471 e. The molecule has 1 N–H and O–H groups in total. The molecule has 0 atom stereocenters. The lowest BCUT2D eigenvalue weighted by molar-refractivity contribution is -0.173. The quantitative estimate of drug-likeness (QED) is 0.875. The smallest absolute Gasteiger partial charge is 0.347 e. The molecule has 18 heavy (non-hydrogen) atoms. The third-order valence-electron chi connectivity index (χ3n) is 2.33. The summed E-state index contributed by atoms with van der Waals surface area (Å²) in [5, 5.41) is 1.83. The van der Waals surface area contributed by atoms with Crippen molar-refractivity contribution in [2.75, 3.05) is 20.1 Å². The number of hydrogen-bond donors (Lipinski definition) is 1. The van der Waals surface area contributed by atoms with E-state index in [1.54, 1.807) is 7.05 Å². The van der Waals surface area contributed by atoms with Crippen LogP contribution in [0.1, 0.15) is 5.56 Å². The number of carbonyl (C=O) groups excluding carboxylic acids is 1. The molecule has 0 unspecified atom stereocenters. The highest BCUT2D eigenvalue weighted by Crippen LogP contribution is 2.13. The van der Waals surface area contributed by atoms with E-state index in [-0.39, 0.29) is 6.54 Å². The van der Waals surface area contributed by atoms with Gasteiger partial charge in [-0.15, -0.1) is 0 Å². The van der Waals surface area contributed by atoms with E-state index in [0.717, 1.165) is 5.56 Å². The molecule has 0 fully saturated rings. The van der Waals surface area contributed by atoms with E-state index in [2.05, 4.69) is 0 Å². The molecule has 0 saturated heterocycles. The zero-order valence-electron chi connectivity index (χ0n) is 10.00. The fourth-order valence-electron chi connectivity index (χ4n) is 1.43. The van der Waals surface area contributed by atoms with Crippen LogP contribution >= 0.6 is 0 Å². The lowest BCUT2D eigenvalue weighted by Crippen LogP contribution is -2.40. The molecule has 0 bridgehead atoms. The summed E-state index contributed by atoms with van der Waals surface area (Å²) in [5.41, 5.74) is 1.07. The van der Waals surface area contributed by atoms with E-state index in [1.165, 1.54) is 0 Å². The molecule has 3 nitrogen and oxygen atoms in total. The van der Waals surface area contributed by atoms with Crippen molar-refractivity contribution in [3.05, 3.63) is 35.9 Å². The monoisotopic (exact) mass is 260 g/mol. The van der Waals surface area contributed by atoms with Crippen molar-refractivity contribution >= 4 is 5.91 Å². The summed E-state index contributed by atoms with van der Waals surface area (Å²) < 4.78 is 35.7. The average Bonchev–Trinajstić information content (AvgIpc) is 2.28. The van der Waals surface area contributed by atoms with Crippen molar-refractivity contribution < 1.29 is 18.0 Å². The Morgan fingerprint density at radius 2 is 1.89 bits per heavy atom. The van der Waals surface area contributed by atoms with Crippen molar-refractivity contribution in [3.8, 4) is 0 Å². The topological polar surface area (TPSA) is 32.3 Å². The molecule has 6 heteroatoms. The highest BCUT2D eigenvalue weighted by Gasteiger charge is 2.38. The molecule has 0 radical (unpaired) electrons. The SMILES string of the molecule is CN(CCNC(=O)C(F)(F)F)Cc1ccccc1. The summed E-state index contributed by atoms with van der Waals surface area (Å²) in [6.07, 6.45) is -4.81. The highest BCUT2D eigenvalue weighted by molar-refractivity contribution is 5.81. The third-order valence-corrected chi connectivity index (χ3v) is 2.33. The molecule has 0 aliphatic rings. The van der Waals surface area contributed by atoms with Crippen LogP contribution in [0.25, 0.3) is 0 Å². The van der Waals surface area contributed by atoms with Gasteiger partial charge in [0.1, 0.15) is 0 Å². The molecular formula is C12H15F3N2O. The zero-order valence-corrected chi connectivity index (χ0v) is 10.00. The van der Waals surface area contributed by atoms with Gasteiger partial charge in [0.15, 0.2) is 0 Å². The number of nitrogens with zero attached hydrogens (tertiary/aromatic N) is 1. The van der Waals surface area contributed by atoms with E-state index >= 15 is 0 Å². The Morgan fingerprint density at radius 3 is 2.44 bits per heavy atom. The Hall–Kier alpha value is -1.56. The molecule has 100 valence electrons. The molecule has 1 aromatic carbocycles. The fraction of sp³-hybridized carbons (Fsp3) is 0.417. The van der Waals surface area contributed by atoms with E-state index < -0.39 is 12.1 Å². The van der Waals surface area contributed by atoms with Crippen molar-refractivity contribution in [3.63, 3.8) is 0 Å². The molecular weight excluding hydrogens is 245 g/mol. The summed E-state index contributed by atoms with van der Waals surface area (Å²) in [5.74, 6) is -1.89. The number of rotatable bonds is 5. The van der Waals surface area contributed by atoms with Gasteiger partial charge in [-0.3, -0.25) is 4.79 Å². The van der Waals surface area contributed by atoms with E-state index in [1.807, 2.05) is 40.5 Å². The maximum atomic E-state index is 11.9. The van der Waals surface area contributed by atoms with Gasteiger partial charge in [0.2, 0.25) is 0 Å². The van der Waals surface area contributed by atoms with Gasteiger partial charge in [-0.25, -0.2) is 0 Å². The van der Waals surface area contributed by atoms with Gasteiger partial charge in [-0.1, -0.05) is 30.3 Å². The number of hydrogen-bond acceptors (Lipinski definition) is 2. The first-order valence-corrected chi connectivity index (χ1v) is 5.47. The molecule has 1 rings (SSSR count). The van der Waals surface area contributed by atoms with Crippen LogP contribution in [-0.4, -0.2) is 37.1 Å². The van der Waals surface area contributed by atoms with Crippen LogP contribution in [-0.2, 0) is 11.3 Å². The molecule has 1 amide bonds. The Balaban J connectivity index is 2.26. The standard InChI is InChI=1S/C12H15F3N2O/c1-17(9-10-5-3-2-4-6-10)8-7-16-11(18)12(13,14)15/h2-6H,7-9H2,1H3,(H,16,18). The number of nitrogens with one attached hydrogen (secondary N) is 1. The summed E-state index contributed by atoms with van der Waals surface area (Å²) in [6, 6.07) is 9.56. The molecule has 0 spiro atoms. The number of halogens is 3. The predicted octanol–water partition coefficient (Wildman–Crippen LogP) is 1.80. The van der Waals surface area contributed by atoms with E-state index in [4.69, 9.17) is 0 Å². The number of benzene rings is 1. The van der Waals surface area contributed by atoms with Crippen LogP contribution in [0, 0.1) is 0 Å². The Labute approximate surface area is 104 Å². The van der Waals surface area contributed by atoms with Gasteiger partial charge in [0, 0.05) is 19.6 Å². The second-order valence-electron chi connectivity index (χ2n) is 3.98. The predicted molar refractivity (Wildman–Crippen MR) is 61.8 cm³/mol. The first-order valence-electron chi connectivity index (χ1n) is 5.47. The minimum atomic E-state index is -4.81. The van der Waals surface area contributed by atoms with Gasteiger partial charge in [0.05, 0.1) is 0 Å². The van der Waals surface area contributed by atoms with Gasteiger partial charge < -0.3 is 10.2 Å². The Morgan fingerprint density at radius 1 is 1.28 bits per heavy atom.